The minimum Gasteiger partial charge on any atom is -0.495 e. The number of rotatable bonds is 4. The third-order valence-electron chi connectivity index (χ3n) is 2.86. The van der Waals surface area contributed by atoms with Crippen molar-refractivity contribution in [2.24, 2.45) is 0 Å². The van der Waals surface area contributed by atoms with Crippen LogP contribution in [0.15, 0.2) is 22.7 Å². The van der Waals surface area contributed by atoms with Crippen LogP contribution in [-0.2, 0) is 6.42 Å². The zero-order valence-electron chi connectivity index (χ0n) is 11.2. The fourth-order valence-corrected chi connectivity index (χ4v) is 2.15. The lowest BCUT2D eigenvalue weighted by Gasteiger charge is -2.09. The van der Waals surface area contributed by atoms with Crippen LogP contribution in [-0.4, -0.2) is 23.2 Å². The molecule has 0 spiro atoms. The highest BCUT2D eigenvalue weighted by Crippen LogP contribution is 2.28. The van der Waals surface area contributed by atoms with Gasteiger partial charge in [0.1, 0.15) is 5.75 Å². The van der Waals surface area contributed by atoms with Gasteiger partial charge < -0.3 is 15.8 Å². The summed E-state index contributed by atoms with van der Waals surface area (Å²) in [5, 5.41) is 9.44. The van der Waals surface area contributed by atoms with Crippen LogP contribution >= 0.6 is 15.9 Å². The van der Waals surface area contributed by atoms with E-state index in [1.54, 1.807) is 12.1 Å². The highest BCUT2D eigenvalue weighted by molar-refractivity contribution is 9.10. The molecule has 1 amide bonds. The third kappa shape index (κ3) is 2.77. The monoisotopic (exact) mass is 338 g/mol. The lowest BCUT2D eigenvalue weighted by atomic mass is 10.2. The van der Waals surface area contributed by atoms with Crippen LogP contribution in [0.1, 0.15) is 23.1 Å². The summed E-state index contributed by atoms with van der Waals surface area (Å²) in [4.78, 5) is 12.2. The minimum absolute atomic E-state index is 0.184. The van der Waals surface area contributed by atoms with Crippen molar-refractivity contribution in [2.75, 3.05) is 18.2 Å². The molecule has 20 heavy (non-hydrogen) atoms. The van der Waals surface area contributed by atoms with E-state index in [1.165, 1.54) is 7.11 Å². The van der Waals surface area contributed by atoms with E-state index in [2.05, 4.69) is 31.4 Å². The molecule has 1 aromatic carbocycles. The molecule has 0 saturated carbocycles. The number of carbonyl (C=O) groups excluding carboxylic acids is 1. The Labute approximate surface area is 124 Å². The van der Waals surface area contributed by atoms with Gasteiger partial charge in [0.05, 0.1) is 24.2 Å². The molecule has 1 aromatic heterocycles. The summed E-state index contributed by atoms with van der Waals surface area (Å²) < 4.78 is 6.03. The number of nitrogens with zero attached hydrogens (tertiary/aromatic N) is 1. The lowest BCUT2D eigenvalue weighted by Crippen LogP contribution is -2.15. The number of nitrogens with two attached hydrogens (primary N) is 1. The number of halogens is 1. The average molecular weight is 339 g/mol. The van der Waals surface area contributed by atoms with E-state index in [0.29, 0.717) is 23.5 Å². The molecule has 0 aliphatic rings. The number of amides is 1. The molecule has 106 valence electrons. The van der Waals surface area contributed by atoms with E-state index < -0.39 is 0 Å². The molecule has 0 saturated heterocycles. The fourth-order valence-electron chi connectivity index (χ4n) is 1.79. The first-order valence-corrected chi connectivity index (χ1v) is 6.83. The van der Waals surface area contributed by atoms with E-state index in [0.717, 1.165) is 10.2 Å². The summed E-state index contributed by atoms with van der Waals surface area (Å²) in [5.41, 5.74) is 7.73. The summed E-state index contributed by atoms with van der Waals surface area (Å²) in [6.07, 6.45) is 0.687. The first kappa shape index (κ1) is 14.4. The number of hydrogen-bond acceptors (Lipinski definition) is 4. The van der Waals surface area contributed by atoms with Gasteiger partial charge in [-0.3, -0.25) is 9.89 Å². The van der Waals surface area contributed by atoms with Gasteiger partial charge in [-0.1, -0.05) is 22.9 Å². The van der Waals surface area contributed by atoms with Gasteiger partial charge in [0.15, 0.2) is 5.69 Å². The quantitative estimate of drug-likeness (QED) is 0.798. The Morgan fingerprint density at radius 1 is 1.55 bits per heavy atom. The van der Waals surface area contributed by atoms with Gasteiger partial charge >= 0.3 is 0 Å². The largest absolute Gasteiger partial charge is 0.495 e. The summed E-state index contributed by atoms with van der Waals surface area (Å²) in [5.74, 6) is 0.182. The maximum atomic E-state index is 12.2. The lowest BCUT2D eigenvalue weighted by molar-refractivity contribution is 0.102. The molecule has 0 unspecified atom stereocenters. The molecule has 2 rings (SSSR count). The molecule has 0 atom stereocenters. The maximum absolute atomic E-state index is 12.2. The van der Waals surface area contributed by atoms with Gasteiger partial charge in [0.2, 0.25) is 0 Å². The van der Waals surface area contributed by atoms with Crippen LogP contribution in [0.2, 0.25) is 0 Å². The van der Waals surface area contributed by atoms with Crippen molar-refractivity contribution < 1.29 is 9.53 Å². The molecule has 6 nitrogen and oxygen atoms in total. The number of anilines is 2. The second kappa shape index (κ2) is 5.96. The maximum Gasteiger partial charge on any atom is 0.278 e. The number of aromatic amines is 1. The van der Waals surface area contributed by atoms with Crippen molar-refractivity contribution >= 4 is 33.2 Å². The SMILES string of the molecule is CCc1[nH]nc(C(=O)Nc2cc(Br)ccc2OC)c1N. The van der Waals surface area contributed by atoms with Gasteiger partial charge in [-0.15, -0.1) is 0 Å². The number of aromatic nitrogens is 2. The molecule has 0 radical (unpaired) electrons. The number of nitrogen functional groups attached to an aromatic ring is 1. The topological polar surface area (TPSA) is 93.0 Å². The average Bonchev–Trinajstić information content (AvgIpc) is 2.80. The Balaban J connectivity index is 2.27. The Hall–Kier alpha value is -2.02. The van der Waals surface area contributed by atoms with Gasteiger partial charge in [0.25, 0.3) is 5.91 Å². The molecule has 7 heteroatoms. The van der Waals surface area contributed by atoms with E-state index in [-0.39, 0.29) is 11.6 Å². The highest BCUT2D eigenvalue weighted by Gasteiger charge is 2.18. The Kier molecular flexibility index (Phi) is 4.29. The van der Waals surface area contributed by atoms with Crippen molar-refractivity contribution in [3.05, 3.63) is 34.1 Å². The smallest absolute Gasteiger partial charge is 0.278 e. The Morgan fingerprint density at radius 2 is 2.30 bits per heavy atom. The molecule has 1 heterocycles. The van der Waals surface area contributed by atoms with Crippen LogP contribution in [0.5, 0.6) is 5.75 Å². The number of carbonyl (C=O) groups is 1. The normalized spacial score (nSPS) is 10.3. The van der Waals surface area contributed by atoms with Gasteiger partial charge in [-0.2, -0.15) is 5.10 Å². The number of nitrogens with one attached hydrogen (secondary N) is 2. The van der Waals surface area contributed by atoms with Crippen LogP contribution < -0.4 is 15.8 Å². The molecular weight excluding hydrogens is 324 g/mol. The molecule has 0 aliphatic carbocycles. The fraction of sp³-hybridized carbons (Fsp3) is 0.231. The van der Waals surface area contributed by atoms with Crippen LogP contribution in [0.4, 0.5) is 11.4 Å². The van der Waals surface area contributed by atoms with Crippen LogP contribution in [0.3, 0.4) is 0 Å². The number of benzene rings is 1. The number of H-pyrrole nitrogens is 1. The summed E-state index contributed by atoms with van der Waals surface area (Å²) in [6.45, 7) is 1.93. The van der Waals surface area contributed by atoms with Gasteiger partial charge in [0, 0.05) is 4.47 Å². The number of hydrogen-bond donors (Lipinski definition) is 3. The predicted molar refractivity (Wildman–Crippen MR) is 81.0 cm³/mol. The van der Waals surface area contributed by atoms with Crippen molar-refractivity contribution in [1.82, 2.24) is 10.2 Å². The van der Waals surface area contributed by atoms with Crippen LogP contribution in [0, 0.1) is 0 Å². The van der Waals surface area contributed by atoms with E-state index in [1.807, 2.05) is 13.0 Å². The van der Waals surface area contributed by atoms with Crippen molar-refractivity contribution in [1.29, 1.82) is 0 Å². The summed E-state index contributed by atoms with van der Waals surface area (Å²) in [6, 6.07) is 5.33. The number of aryl methyl sites for hydroxylation is 1. The van der Waals surface area contributed by atoms with Crippen molar-refractivity contribution in [3.8, 4) is 5.75 Å². The van der Waals surface area contributed by atoms with Crippen molar-refractivity contribution in [3.63, 3.8) is 0 Å². The summed E-state index contributed by atoms with van der Waals surface area (Å²) >= 11 is 3.35. The zero-order chi connectivity index (χ0) is 14.7. The minimum atomic E-state index is -0.380. The Bertz CT molecular complexity index is 639. The molecule has 0 fully saturated rings. The standard InChI is InChI=1S/C13H15BrN4O2/c1-3-8-11(15)12(18-17-8)13(19)16-9-6-7(14)4-5-10(9)20-2/h4-6H,3,15H2,1-2H3,(H,16,19)(H,17,18). The molecule has 2 aromatic rings. The van der Waals surface area contributed by atoms with E-state index in [9.17, 15) is 4.79 Å². The molecule has 4 N–H and O–H groups in total. The number of methoxy groups -OCH3 is 1. The second-order valence-corrected chi connectivity index (χ2v) is 5.03. The van der Waals surface area contributed by atoms with Gasteiger partial charge in [-0.05, 0) is 24.6 Å². The molecule has 0 aliphatic heterocycles. The highest BCUT2D eigenvalue weighted by atomic mass is 79.9. The number of ether oxygens (including phenoxy) is 1. The van der Waals surface area contributed by atoms with Crippen molar-refractivity contribution in [2.45, 2.75) is 13.3 Å². The van der Waals surface area contributed by atoms with E-state index in [4.69, 9.17) is 10.5 Å². The zero-order valence-corrected chi connectivity index (χ0v) is 12.7. The summed E-state index contributed by atoms with van der Waals surface area (Å²) in [7, 11) is 1.54. The van der Waals surface area contributed by atoms with Crippen LogP contribution in [0.25, 0.3) is 0 Å². The molecular formula is C13H15BrN4O2. The second-order valence-electron chi connectivity index (χ2n) is 4.12. The van der Waals surface area contributed by atoms with Gasteiger partial charge in [-0.25, -0.2) is 0 Å². The predicted octanol–water partition coefficient (Wildman–Crippen LogP) is 2.58. The first-order chi connectivity index (χ1) is 9.56. The third-order valence-corrected chi connectivity index (χ3v) is 3.35. The first-order valence-electron chi connectivity index (χ1n) is 6.04. The van der Waals surface area contributed by atoms with E-state index >= 15 is 0 Å². The molecule has 0 bridgehead atoms. The Morgan fingerprint density at radius 3 is 2.90 bits per heavy atom.